The number of hydrogen-bond donors (Lipinski definition) is 0. The van der Waals surface area contributed by atoms with Crippen molar-refractivity contribution in [2.24, 2.45) is 0 Å². The highest BCUT2D eigenvalue weighted by molar-refractivity contribution is 6.06. The topological polar surface area (TPSA) is 51.0 Å². The summed E-state index contributed by atoms with van der Waals surface area (Å²) in [4.78, 5) is 18.8. The zero-order valence-electron chi connectivity index (χ0n) is 14.0. The summed E-state index contributed by atoms with van der Waals surface area (Å²) in [5.41, 5.74) is 2.67. The highest BCUT2D eigenvalue weighted by Crippen LogP contribution is 2.21. The van der Waals surface area contributed by atoms with Crippen LogP contribution in [-0.4, -0.2) is 32.6 Å². The first-order chi connectivity index (χ1) is 11.5. The van der Waals surface area contributed by atoms with Crippen LogP contribution in [0, 0.1) is 12.7 Å². The second kappa shape index (κ2) is 6.39. The molecule has 3 aromatic rings. The third-order valence-corrected chi connectivity index (χ3v) is 3.91. The summed E-state index contributed by atoms with van der Waals surface area (Å²) in [6.07, 6.45) is 3.69. The van der Waals surface area contributed by atoms with Crippen LogP contribution in [-0.2, 0) is 13.1 Å². The molecule has 0 N–H and O–H groups in total. The molecule has 0 saturated heterocycles. The summed E-state index contributed by atoms with van der Waals surface area (Å²) >= 11 is 0. The number of aryl methyl sites for hydroxylation is 2. The van der Waals surface area contributed by atoms with Crippen molar-refractivity contribution in [1.82, 2.24) is 19.7 Å². The van der Waals surface area contributed by atoms with Gasteiger partial charge in [0.1, 0.15) is 5.82 Å². The molecule has 1 aromatic carbocycles. The first kappa shape index (κ1) is 16.1. The van der Waals surface area contributed by atoms with Crippen LogP contribution in [0.2, 0.25) is 0 Å². The number of halogens is 1. The summed E-state index contributed by atoms with van der Waals surface area (Å²) < 4.78 is 15.3. The molecule has 0 spiro atoms. The van der Waals surface area contributed by atoms with Crippen LogP contribution in [0.3, 0.4) is 0 Å². The number of benzene rings is 1. The summed E-state index contributed by atoms with van der Waals surface area (Å²) in [6, 6.07) is 6.05. The fourth-order valence-corrected chi connectivity index (χ4v) is 2.72. The van der Waals surface area contributed by atoms with Crippen LogP contribution in [0.15, 0.2) is 36.7 Å². The van der Waals surface area contributed by atoms with Gasteiger partial charge in [0.2, 0.25) is 0 Å². The maximum Gasteiger partial charge on any atom is 0.254 e. The molecule has 0 bridgehead atoms. The Morgan fingerprint density at radius 2 is 2.12 bits per heavy atom. The van der Waals surface area contributed by atoms with Gasteiger partial charge in [0.25, 0.3) is 5.91 Å². The molecular formula is C18H19FN4O. The lowest BCUT2D eigenvalue weighted by molar-refractivity contribution is 0.0787. The van der Waals surface area contributed by atoms with Gasteiger partial charge in [-0.2, -0.15) is 5.10 Å². The van der Waals surface area contributed by atoms with E-state index >= 15 is 0 Å². The van der Waals surface area contributed by atoms with Crippen LogP contribution in [0.25, 0.3) is 10.9 Å². The molecule has 0 unspecified atom stereocenters. The van der Waals surface area contributed by atoms with Gasteiger partial charge in [-0.25, -0.2) is 4.39 Å². The van der Waals surface area contributed by atoms with E-state index in [1.165, 1.54) is 12.1 Å². The predicted octanol–water partition coefficient (Wildman–Crippen LogP) is 3.17. The van der Waals surface area contributed by atoms with E-state index < -0.39 is 0 Å². The van der Waals surface area contributed by atoms with Crippen molar-refractivity contribution in [3.05, 3.63) is 59.3 Å². The fraction of sp³-hybridized carbons (Fsp3) is 0.278. The quantitative estimate of drug-likeness (QED) is 0.740. The van der Waals surface area contributed by atoms with E-state index in [0.29, 0.717) is 28.7 Å². The molecule has 0 fully saturated rings. The minimum absolute atomic E-state index is 0.124. The number of rotatable bonds is 4. The first-order valence-corrected chi connectivity index (χ1v) is 7.81. The average molecular weight is 326 g/mol. The number of carbonyl (C=O) groups is 1. The van der Waals surface area contributed by atoms with Crippen molar-refractivity contribution in [2.75, 3.05) is 7.05 Å². The Morgan fingerprint density at radius 1 is 1.33 bits per heavy atom. The Kier molecular flexibility index (Phi) is 4.29. The van der Waals surface area contributed by atoms with Gasteiger partial charge in [0, 0.05) is 49.0 Å². The molecule has 0 saturated carbocycles. The Labute approximate surface area is 139 Å². The third kappa shape index (κ3) is 3.13. The number of carbonyl (C=O) groups excluding carboxylic acids is 1. The number of pyridine rings is 1. The van der Waals surface area contributed by atoms with Crippen molar-refractivity contribution < 1.29 is 9.18 Å². The van der Waals surface area contributed by atoms with Crippen molar-refractivity contribution in [3.63, 3.8) is 0 Å². The van der Waals surface area contributed by atoms with Crippen molar-refractivity contribution in [2.45, 2.75) is 26.9 Å². The largest absolute Gasteiger partial charge is 0.337 e. The molecule has 0 radical (unpaired) electrons. The summed E-state index contributed by atoms with van der Waals surface area (Å²) in [6.45, 7) is 5.06. The van der Waals surface area contributed by atoms with Gasteiger partial charge in [-0.05, 0) is 32.0 Å². The number of aromatic nitrogens is 3. The highest BCUT2D eigenvalue weighted by Gasteiger charge is 2.17. The number of nitrogens with zero attached hydrogens (tertiary/aromatic N) is 4. The molecule has 6 heteroatoms. The van der Waals surface area contributed by atoms with E-state index in [1.54, 1.807) is 37.2 Å². The fourth-order valence-electron chi connectivity index (χ4n) is 2.72. The molecular weight excluding hydrogens is 307 g/mol. The predicted molar refractivity (Wildman–Crippen MR) is 90.1 cm³/mol. The summed E-state index contributed by atoms with van der Waals surface area (Å²) in [5.74, 6) is -0.485. The van der Waals surface area contributed by atoms with Crippen LogP contribution in [0.5, 0.6) is 0 Å². The minimum atomic E-state index is -0.362. The second-order valence-electron chi connectivity index (χ2n) is 5.84. The van der Waals surface area contributed by atoms with E-state index in [4.69, 9.17) is 0 Å². The lowest BCUT2D eigenvalue weighted by Crippen LogP contribution is -2.26. The molecule has 2 aromatic heterocycles. The Balaban J connectivity index is 1.92. The molecule has 3 rings (SSSR count). The Bertz CT molecular complexity index is 898. The summed E-state index contributed by atoms with van der Waals surface area (Å²) in [7, 11) is 1.75. The standard InChI is InChI=1S/C18H19FN4O/c1-4-23-11-13(9-20-23)10-22(3)18(24)16-7-12(2)21-17-8-14(19)5-6-15(16)17/h5-9,11H,4,10H2,1-3H3. The monoisotopic (exact) mass is 326 g/mol. The first-order valence-electron chi connectivity index (χ1n) is 7.81. The van der Waals surface area contributed by atoms with Crippen molar-refractivity contribution in [1.29, 1.82) is 0 Å². The second-order valence-corrected chi connectivity index (χ2v) is 5.84. The molecule has 2 heterocycles. The van der Waals surface area contributed by atoms with Gasteiger partial charge in [-0.15, -0.1) is 0 Å². The maximum atomic E-state index is 13.4. The molecule has 1 amide bonds. The van der Waals surface area contributed by atoms with Crippen LogP contribution in [0.4, 0.5) is 4.39 Å². The van der Waals surface area contributed by atoms with Gasteiger partial charge in [-0.1, -0.05) is 0 Å². The molecule has 24 heavy (non-hydrogen) atoms. The molecule has 0 aliphatic heterocycles. The Morgan fingerprint density at radius 3 is 2.83 bits per heavy atom. The van der Waals surface area contributed by atoms with Gasteiger partial charge in [-0.3, -0.25) is 14.5 Å². The SMILES string of the molecule is CCn1cc(CN(C)C(=O)c2cc(C)nc3cc(F)ccc23)cn1. The molecule has 124 valence electrons. The van der Waals surface area contributed by atoms with Gasteiger partial charge in [0.05, 0.1) is 17.3 Å². The smallest absolute Gasteiger partial charge is 0.254 e. The molecule has 0 aliphatic carbocycles. The number of fused-ring (bicyclic) bond motifs is 1. The summed E-state index contributed by atoms with van der Waals surface area (Å²) in [5, 5.41) is 4.88. The zero-order chi connectivity index (χ0) is 17.3. The van der Waals surface area contributed by atoms with E-state index in [-0.39, 0.29) is 11.7 Å². The van der Waals surface area contributed by atoms with Crippen LogP contribution < -0.4 is 0 Å². The third-order valence-electron chi connectivity index (χ3n) is 3.91. The lowest BCUT2D eigenvalue weighted by Gasteiger charge is -2.18. The van der Waals surface area contributed by atoms with E-state index in [0.717, 1.165) is 12.1 Å². The van der Waals surface area contributed by atoms with Gasteiger partial charge in [0.15, 0.2) is 0 Å². The highest BCUT2D eigenvalue weighted by atomic mass is 19.1. The van der Waals surface area contributed by atoms with Gasteiger partial charge < -0.3 is 4.90 Å². The zero-order valence-corrected chi connectivity index (χ0v) is 14.0. The maximum absolute atomic E-state index is 13.4. The normalized spacial score (nSPS) is 11.0. The van der Waals surface area contributed by atoms with E-state index in [1.807, 2.05) is 17.8 Å². The van der Waals surface area contributed by atoms with Crippen LogP contribution >= 0.6 is 0 Å². The van der Waals surface area contributed by atoms with Crippen LogP contribution in [0.1, 0.15) is 28.5 Å². The number of amides is 1. The minimum Gasteiger partial charge on any atom is -0.337 e. The molecule has 5 nitrogen and oxygen atoms in total. The average Bonchev–Trinajstić information content (AvgIpc) is 3.00. The van der Waals surface area contributed by atoms with Crippen molar-refractivity contribution >= 4 is 16.8 Å². The lowest BCUT2D eigenvalue weighted by atomic mass is 10.1. The molecule has 0 aliphatic rings. The molecule has 0 atom stereocenters. The van der Waals surface area contributed by atoms with Gasteiger partial charge >= 0.3 is 0 Å². The van der Waals surface area contributed by atoms with E-state index in [9.17, 15) is 9.18 Å². The van der Waals surface area contributed by atoms with E-state index in [2.05, 4.69) is 10.1 Å². The Hall–Kier alpha value is -2.76. The number of hydrogen-bond acceptors (Lipinski definition) is 3. The van der Waals surface area contributed by atoms with Crippen molar-refractivity contribution in [3.8, 4) is 0 Å².